The number of likely N-dealkylation sites (tertiary alicyclic amines) is 1. The van der Waals surface area contributed by atoms with E-state index >= 15 is 0 Å². The van der Waals surface area contributed by atoms with Crippen molar-refractivity contribution in [3.8, 4) is 0 Å². The minimum absolute atomic E-state index is 0.146. The number of rotatable bonds is 4. The van der Waals surface area contributed by atoms with Gasteiger partial charge in [-0.3, -0.25) is 4.79 Å². The minimum Gasteiger partial charge on any atom is -0.373 e. The van der Waals surface area contributed by atoms with Crippen molar-refractivity contribution in [2.75, 3.05) is 13.1 Å². The van der Waals surface area contributed by atoms with Crippen LogP contribution < -0.4 is 0 Å². The van der Waals surface area contributed by atoms with Crippen molar-refractivity contribution in [3.63, 3.8) is 0 Å². The molecule has 1 fully saturated rings. The largest absolute Gasteiger partial charge is 0.373 e. The Labute approximate surface area is 137 Å². The van der Waals surface area contributed by atoms with Gasteiger partial charge in [-0.15, -0.1) is 0 Å². The number of amides is 1. The average Bonchev–Trinajstić information content (AvgIpc) is 2.61. The molecule has 1 aliphatic rings. The van der Waals surface area contributed by atoms with Crippen molar-refractivity contribution in [1.29, 1.82) is 0 Å². The van der Waals surface area contributed by atoms with Gasteiger partial charge >= 0.3 is 0 Å². The fourth-order valence-corrected chi connectivity index (χ4v) is 3.21. The van der Waals surface area contributed by atoms with Gasteiger partial charge in [0, 0.05) is 25.9 Å². The lowest BCUT2D eigenvalue weighted by atomic mass is 9.87. The Morgan fingerprint density at radius 3 is 2.39 bits per heavy atom. The second kappa shape index (κ2) is 7.42. The van der Waals surface area contributed by atoms with Crippen molar-refractivity contribution in [3.05, 3.63) is 71.8 Å². The summed E-state index contributed by atoms with van der Waals surface area (Å²) in [7, 11) is 0. The van der Waals surface area contributed by atoms with Crippen LogP contribution in [0.2, 0.25) is 0 Å². The molecule has 0 spiro atoms. The van der Waals surface area contributed by atoms with Crippen LogP contribution in [0, 0.1) is 0 Å². The predicted octanol–water partition coefficient (Wildman–Crippen LogP) is 3.61. The van der Waals surface area contributed by atoms with E-state index in [-0.39, 0.29) is 17.9 Å². The molecule has 1 saturated heterocycles. The van der Waals surface area contributed by atoms with Crippen LogP contribution in [0.1, 0.15) is 30.4 Å². The molecule has 3 nitrogen and oxygen atoms in total. The summed E-state index contributed by atoms with van der Waals surface area (Å²) in [5.41, 5.74) is 2.44. The maximum Gasteiger partial charge on any atom is 0.219 e. The highest BCUT2D eigenvalue weighted by Crippen LogP contribution is 2.30. The van der Waals surface area contributed by atoms with Crippen molar-refractivity contribution in [1.82, 2.24) is 4.90 Å². The highest BCUT2D eigenvalue weighted by atomic mass is 16.5. The van der Waals surface area contributed by atoms with Crippen LogP contribution in [0.25, 0.3) is 0 Å². The normalized spacial score (nSPS) is 21.2. The van der Waals surface area contributed by atoms with Gasteiger partial charge in [0.05, 0.1) is 12.7 Å². The van der Waals surface area contributed by atoms with Crippen LogP contribution in [0.4, 0.5) is 0 Å². The van der Waals surface area contributed by atoms with Crippen LogP contribution in [-0.2, 0) is 16.1 Å². The van der Waals surface area contributed by atoms with E-state index in [9.17, 15) is 4.79 Å². The molecule has 23 heavy (non-hydrogen) atoms. The predicted molar refractivity (Wildman–Crippen MR) is 91.1 cm³/mol. The van der Waals surface area contributed by atoms with E-state index in [1.165, 1.54) is 11.1 Å². The van der Waals surface area contributed by atoms with Gasteiger partial charge in [0.25, 0.3) is 0 Å². The molecule has 0 radical (unpaired) electrons. The molecular formula is C20H23NO2. The lowest BCUT2D eigenvalue weighted by molar-refractivity contribution is -0.132. The zero-order valence-electron chi connectivity index (χ0n) is 13.5. The Kier molecular flexibility index (Phi) is 5.09. The fourth-order valence-electron chi connectivity index (χ4n) is 3.21. The van der Waals surface area contributed by atoms with Crippen molar-refractivity contribution < 1.29 is 9.53 Å². The second-order valence-electron chi connectivity index (χ2n) is 6.11. The minimum atomic E-state index is 0.146. The number of carbonyl (C=O) groups excluding carboxylic acids is 1. The quantitative estimate of drug-likeness (QED) is 0.863. The van der Waals surface area contributed by atoms with Crippen LogP contribution in [0.3, 0.4) is 0 Å². The van der Waals surface area contributed by atoms with Crippen LogP contribution in [0.5, 0.6) is 0 Å². The first-order valence-corrected chi connectivity index (χ1v) is 8.20. The molecule has 1 heterocycles. The summed E-state index contributed by atoms with van der Waals surface area (Å²) < 4.78 is 6.23. The molecular weight excluding hydrogens is 286 g/mol. The summed E-state index contributed by atoms with van der Waals surface area (Å²) in [6.07, 6.45) is 1.03. The Hall–Kier alpha value is -2.13. The summed E-state index contributed by atoms with van der Waals surface area (Å²) in [5, 5.41) is 0. The summed E-state index contributed by atoms with van der Waals surface area (Å²) in [4.78, 5) is 13.7. The summed E-state index contributed by atoms with van der Waals surface area (Å²) in [6.45, 7) is 3.78. The molecule has 3 rings (SSSR count). The molecule has 0 unspecified atom stereocenters. The van der Waals surface area contributed by atoms with Gasteiger partial charge in [-0.25, -0.2) is 0 Å². The van der Waals surface area contributed by atoms with Gasteiger partial charge in [-0.1, -0.05) is 60.7 Å². The Bertz CT molecular complexity index is 627. The monoisotopic (exact) mass is 309 g/mol. The molecule has 120 valence electrons. The zero-order valence-corrected chi connectivity index (χ0v) is 13.5. The van der Waals surface area contributed by atoms with Gasteiger partial charge in [-0.2, -0.15) is 0 Å². The number of hydrogen-bond donors (Lipinski definition) is 0. The first kappa shape index (κ1) is 15.8. The molecule has 0 N–H and O–H groups in total. The first-order chi connectivity index (χ1) is 11.2. The van der Waals surface area contributed by atoms with E-state index in [1.54, 1.807) is 6.92 Å². The summed E-state index contributed by atoms with van der Waals surface area (Å²) in [5.74, 6) is 0.380. The second-order valence-corrected chi connectivity index (χ2v) is 6.11. The Morgan fingerprint density at radius 1 is 1.09 bits per heavy atom. The van der Waals surface area contributed by atoms with Crippen molar-refractivity contribution >= 4 is 5.91 Å². The van der Waals surface area contributed by atoms with Crippen LogP contribution in [-0.4, -0.2) is 30.0 Å². The summed E-state index contributed by atoms with van der Waals surface area (Å²) >= 11 is 0. The molecule has 2 aromatic rings. The van der Waals surface area contributed by atoms with Gasteiger partial charge in [0.15, 0.2) is 0 Å². The fraction of sp³-hybridized carbons (Fsp3) is 0.350. The Balaban J connectivity index is 1.73. The average molecular weight is 309 g/mol. The topological polar surface area (TPSA) is 29.5 Å². The van der Waals surface area contributed by atoms with E-state index in [0.717, 1.165) is 19.5 Å². The molecule has 3 heteroatoms. The maximum absolute atomic E-state index is 11.7. The van der Waals surface area contributed by atoms with Gasteiger partial charge in [0.2, 0.25) is 5.91 Å². The molecule has 1 amide bonds. The van der Waals surface area contributed by atoms with Gasteiger partial charge < -0.3 is 9.64 Å². The van der Waals surface area contributed by atoms with Gasteiger partial charge in [-0.05, 0) is 17.5 Å². The Morgan fingerprint density at radius 2 is 1.74 bits per heavy atom. The molecule has 0 bridgehead atoms. The number of nitrogens with zero attached hydrogens (tertiary/aromatic N) is 1. The van der Waals surface area contributed by atoms with Crippen molar-refractivity contribution in [2.24, 2.45) is 0 Å². The van der Waals surface area contributed by atoms with E-state index in [4.69, 9.17) is 4.74 Å². The smallest absolute Gasteiger partial charge is 0.219 e. The number of piperidine rings is 1. The molecule has 2 atom stereocenters. The number of carbonyl (C=O) groups is 1. The van der Waals surface area contributed by atoms with E-state index < -0.39 is 0 Å². The van der Waals surface area contributed by atoms with E-state index in [0.29, 0.717) is 6.61 Å². The zero-order chi connectivity index (χ0) is 16.1. The maximum atomic E-state index is 11.7. The lowest BCUT2D eigenvalue weighted by Crippen LogP contribution is -2.44. The first-order valence-electron chi connectivity index (χ1n) is 8.20. The van der Waals surface area contributed by atoms with Crippen LogP contribution >= 0.6 is 0 Å². The van der Waals surface area contributed by atoms with E-state index in [1.807, 2.05) is 29.2 Å². The number of ether oxygens (including phenoxy) is 1. The lowest BCUT2D eigenvalue weighted by Gasteiger charge is -2.38. The third kappa shape index (κ3) is 3.99. The highest BCUT2D eigenvalue weighted by Gasteiger charge is 2.32. The number of benzene rings is 2. The standard InChI is InChI=1S/C20H23NO2/c1-16(22)21-13-12-20(23-15-17-8-4-2-5-9-17)19(14-21)18-10-6-3-7-11-18/h2-11,19-20H,12-15H2,1H3/t19-,20+/m0/s1. The molecule has 0 aliphatic carbocycles. The molecule has 0 aromatic heterocycles. The molecule has 0 saturated carbocycles. The number of hydrogen-bond acceptors (Lipinski definition) is 2. The molecule has 1 aliphatic heterocycles. The third-order valence-corrected chi connectivity index (χ3v) is 4.53. The summed E-state index contributed by atoms with van der Waals surface area (Å²) in [6, 6.07) is 20.6. The van der Waals surface area contributed by atoms with E-state index in [2.05, 4.69) is 36.4 Å². The van der Waals surface area contributed by atoms with Crippen LogP contribution in [0.15, 0.2) is 60.7 Å². The van der Waals surface area contributed by atoms with Crippen molar-refractivity contribution in [2.45, 2.75) is 32.0 Å². The highest BCUT2D eigenvalue weighted by molar-refractivity contribution is 5.73. The molecule has 2 aromatic carbocycles. The third-order valence-electron chi connectivity index (χ3n) is 4.53. The van der Waals surface area contributed by atoms with Gasteiger partial charge in [0.1, 0.15) is 0 Å². The SMILES string of the molecule is CC(=O)N1CC[C@@H](OCc2ccccc2)[C@H](c2ccccc2)C1.